The number of rotatable bonds is 8. The van der Waals surface area contributed by atoms with Gasteiger partial charge in [0.15, 0.2) is 0 Å². The molecule has 0 bridgehead atoms. The molecule has 0 amide bonds. The molecule has 0 aliphatic carbocycles. The summed E-state index contributed by atoms with van der Waals surface area (Å²) < 4.78 is 35.3. The largest absolute Gasteiger partial charge is 0.468 e. The number of furan rings is 1. The van der Waals surface area contributed by atoms with Crippen molar-refractivity contribution in [2.45, 2.75) is 37.9 Å². The van der Waals surface area contributed by atoms with Gasteiger partial charge in [0.25, 0.3) is 10.0 Å². The van der Waals surface area contributed by atoms with Crippen LogP contribution >= 0.6 is 0 Å². The minimum atomic E-state index is -3.59. The molecule has 0 fully saturated rings. The van der Waals surface area contributed by atoms with Gasteiger partial charge in [0.05, 0.1) is 13.7 Å². The zero-order valence-electron chi connectivity index (χ0n) is 12.7. The number of ether oxygens (including phenoxy) is 1. The quantitative estimate of drug-likeness (QED) is 0.690. The van der Waals surface area contributed by atoms with Gasteiger partial charge in [-0.15, -0.1) is 0 Å². The summed E-state index contributed by atoms with van der Waals surface area (Å²) in [5, 5.41) is 2.88. The van der Waals surface area contributed by atoms with Crippen LogP contribution in [0.15, 0.2) is 21.6 Å². The Morgan fingerprint density at radius 1 is 1.43 bits per heavy atom. The number of carbonyl (C=O) groups excluding carboxylic acids is 1. The molecule has 7 nitrogen and oxygen atoms in total. The maximum absolute atomic E-state index is 11.7. The topological polar surface area (TPSA) is 97.6 Å². The van der Waals surface area contributed by atoms with E-state index in [1.54, 1.807) is 6.07 Å². The van der Waals surface area contributed by atoms with Crippen LogP contribution in [0, 0.1) is 5.92 Å². The van der Waals surface area contributed by atoms with Crippen molar-refractivity contribution in [2.24, 2.45) is 5.92 Å². The number of esters is 1. The minimum absolute atomic E-state index is 0.0907. The summed E-state index contributed by atoms with van der Waals surface area (Å²) in [7, 11) is -0.945. The van der Waals surface area contributed by atoms with E-state index in [9.17, 15) is 13.2 Å². The van der Waals surface area contributed by atoms with Crippen LogP contribution in [-0.2, 0) is 26.1 Å². The van der Waals surface area contributed by atoms with Crippen LogP contribution in [0.1, 0.15) is 26.0 Å². The molecule has 2 unspecified atom stereocenters. The normalized spacial score (nSPS) is 14.7. The summed E-state index contributed by atoms with van der Waals surface area (Å²) in [5.41, 5.74) is 0. The Morgan fingerprint density at radius 3 is 2.62 bits per heavy atom. The highest BCUT2D eigenvalue weighted by Crippen LogP contribution is 2.15. The molecule has 0 aliphatic rings. The Labute approximate surface area is 125 Å². The predicted molar refractivity (Wildman–Crippen MR) is 77.1 cm³/mol. The molecule has 0 saturated heterocycles. The van der Waals surface area contributed by atoms with Crippen LogP contribution < -0.4 is 10.0 Å². The standard InChI is InChI=1S/C13H22N2O5S/c1-5-9(2)12(13(16)19-4)15-8-10-6-7-11(20-10)21(17,18)14-3/h6-7,9,12,14-15H,5,8H2,1-4H3. The van der Waals surface area contributed by atoms with Gasteiger partial charge in [0.2, 0.25) is 5.09 Å². The van der Waals surface area contributed by atoms with Crippen LogP contribution in [0.5, 0.6) is 0 Å². The van der Waals surface area contributed by atoms with Gasteiger partial charge in [0.1, 0.15) is 11.8 Å². The minimum Gasteiger partial charge on any atom is -0.468 e. The lowest BCUT2D eigenvalue weighted by Crippen LogP contribution is -2.42. The van der Waals surface area contributed by atoms with E-state index in [2.05, 4.69) is 10.0 Å². The first kappa shape index (κ1) is 17.7. The van der Waals surface area contributed by atoms with E-state index < -0.39 is 16.1 Å². The maximum Gasteiger partial charge on any atom is 0.323 e. The third kappa shape index (κ3) is 4.55. The van der Waals surface area contributed by atoms with Crippen molar-refractivity contribution in [3.8, 4) is 0 Å². The van der Waals surface area contributed by atoms with Gasteiger partial charge >= 0.3 is 5.97 Å². The second kappa shape index (κ2) is 7.58. The van der Waals surface area contributed by atoms with Gasteiger partial charge in [-0.1, -0.05) is 20.3 Å². The van der Waals surface area contributed by atoms with Crippen LogP contribution in [-0.4, -0.2) is 34.6 Å². The van der Waals surface area contributed by atoms with Gasteiger partial charge in [-0.05, 0) is 25.1 Å². The molecule has 0 saturated carbocycles. The molecule has 8 heteroatoms. The van der Waals surface area contributed by atoms with Crippen molar-refractivity contribution in [3.63, 3.8) is 0 Å². The molecular formula is C13H22N2O5S. The van der Waals surface area contributed by atoms with E-state index in [4.69, 9.17) is 9.15 Å². The molecule has 0 spiro atoms. The molecule has 1 heterocycles. The molecule has 1 aromatic rings. The van der Waals surface area contributed by atoms with E-state index in [1.165, 1.54) is 20.2 Å². The highest BCUT2D eigenvalue weighted by Gasteiger charge is 2.25. The number of hydrogen-bond donors (Lipinski definition) is 2. The Bertz CT molecular complexity index is 567. The lowest BCUT2D eigenvalue weighted by atomic mass is 9.99. The van der Waals surface area contributed by atoms with E-state index in [0.29, 0.717) is 5.76 Å². The van der Waals surface area contributed by atoms with E-state index >= 15 is 0 Å². The first-order chi connectivity index (χ1) is 9.85. The van der Waals surface area contributed by atoms with Crippen molar-refractivity contribution in [1.29, 1.82) is 0 Å². The van der Waals surface area contributed by atoms with Crippen molar-refractivity contribution < 1.29 is 22.4 Å². The Hall–Kier alpha value is -1.38. The molecule has 21 heavy (non-hydrogen) atoms. The summed E-state index contributed by atoms with van der Waals surface area (Å²) in [6.45, 7) is 4.16. The number of nitrogens with one attached hydrogen (secondary N) is 2. The second-order valence-electron chi connectivity index (χ2n) is 4.70. The SMILES string of the molecule is CCC(C)C(NCc1ccc(S(=O)(=O)NC)o1)C(=O)OC. The smallest absolute Gasteiger partial charge is 0.323 e. The molecule has 1 aromatic heterocycles. The second-order valence-corrected chi connectivity index (χ2v) is 6.51. The number of methoxy groups -OCH3 is 1. The molecule has 120 valence electrons. The van der Waals surface area contributed by atoms with Gasteiger partial charge in [0, 0.05) is 0 Å². The zero-order valence-corrected chi connectivity index (χ0v) is 13.5. The molecule has 2 atom stereocenters. The average molecular weight is 318 g/mol. The third-order valence-electron chi connectivity index (χ3n) is 3.33. The number of sulfonamides is 1. The molecular weight excluding hydrogens is 296 g/mol. The number of hydrogen-bond acceptors (Lipinski definition) is 6. The van der Waals surface area contributed by atoms with Crippen LogP contribution in [0.3, 0.4) is 0 Å². The van der Waals surface area contributed by atoms with Crippen LogP contribution in [0.2, 0.25) is 0 Å². The molecule has 0 radical (unpaired) electrons. The zero-order chi connectivity index (χ0) is 16.0. The highest BCUT2D eigenvalue weighted by molar-refractivity contribution is 7.89. The lowest BCUT2D eigenvalue weighted by molar-refractivity contribution is -0.144. The summed E-state index contributed by atoms with van der Waals surface area (Å²) in [5.74, 6) is 0.174. The summed E-state index contributed by atoms with van der Waals surface area (Å²) >= 11 is 0. The first-order valence-electron chi connectivity index (χ1n) is 6.69. The number of carbonyl (C=O) groups is 1. The van der Waals surface area contributed by atoms with Gasteiger partial charge in [-0.2, -0.15) is 0 Å². The van der Waals surface area contributed by atoms with E-state index in [-0.39, 0.29) is 23.5 Å². The van der Waals surface area contributed by atoms with E-state index in [1.807, 2.05) is 13.8 Å². The van der Waals surface area contributed by atoms with Gasteiger partial charge in [-0.3, -0.25) is 10.1 Å². The fourth-order valence-corrected chi connectivity index (χ4v) is 2.45. The van der Waals surface area contributed by atoms with Crippen molar-refractivity contribution in [3.05, 3.63) is 17.9 Å². The monoisotopic (exact) mass is 318 g/mol. The summed E-state index contributed by atoms with van der Waals surface area (Å²) in [6.07, 6.45) is 0.810. The molecule has 0 aliphatic heterocycles. The average Bonchev–Trinajstić information content (AvgIpc) is 2.96. The summed E-state index contributed by atoms with van der Waals surface area (Å²) in [4.78, 5) is 11.7. The Morgan fingerprint density at radius 2 is 2.10 bits per heavy atom. The van der Waals surface area contributed by atoms with Crippen molar-refractivity contribution >= 4 is 16.0 Å². The fraction of sp³-hybridized carbons (Fsp3) is 0.615. The predicted octanol–water partition coefficient (Wildman–Crippen LogP) is 0.865. The summed E-state index contributed by atoms with van der Waals surface area (Å²) in [6, 6.07) is 2.47. The molecule has 2 N–H and O–H groups in total. The van der Waals surface area contributed by atoms with Crippen molar-refractivity contribution in [1.82, 2.24) is 10.0 Å². The van der Waals surface area contributed by atoms with Gasteiger partial charge in [-0.25, -0.2) is 13.1 Å². The Balaban J connectivity index is 2.75. The lowest BCUT2D eigenvalue weighted by Gasteiger charge is -2.21. The molecule has 0 aromatic carbocycles. The highest BCUT2D eigenvalue weighted by atomic mass is 32.2. The van der Waals surface area contributed by atoms with Crippen LogP contribution in [0.25, 0.3) is 0 Å². The van der Waals surface area contributed by atoms with E-state index in [0.717, 1.165) is 6.42 Å². The third-order valence-corrected chi connectivity index (χ3v) is 4.62. The van der Waals surface area contributed by atoms with Crippen molar-refractivity contribution in [2.75, 3.05) is 14.2 Å². The first-order valence-corrected chi connectivity index (χ1v) is 8.17. The molecule has 1 rings (SSSR count). The maximum atomic E-state index is 11.7. The Kier molecular flexibility index (Phi) is 6.38. The van der Waals surface area contributed by atoms with Crippen LogP contribution in [0.4, 0.5) is 0 Å². The fourth-order valence-electron chi connectivity index (χ4n) is 1.79. The van der Waals surface area contributed by atoms with Gasteiger partial charge < -0.3 is 9.15 Å².